The Labute approximate surface area is 173 Å². The molecule has 5 heteroatoms. The van der Waals surface area contributed by atoms with E-state index in [1.54, 1.807) is 0 Å². The van der Waals surface area contributed by atoms with Gasteiger partial charge in [-0.15, -0.1) is 0 Å². The number of hydrogen-bond donors (Lipinski definition) is 2. The largest absolute Gasteiger partial charge is 0.334 e. The van der Waals surface area contributed by atoms with Crippen LogP contribution in [0.4, 0.5) is 5.69 Å². The van der Waals surface area contributed by atoms with Crippen LogP contribution in [0.2, 0.25) is 0 Å². The van der Waals surface area contributed by atoms with Crippen LogP contribution in [0.15, 0.2) is 42.5 Å². The van der Waals surface area contributed by atoms with Crippen molar-refractivity contribution in [2.75, 3.05) is 32.5 Å². The summed E-state index contributed by atoms with van der Waals surface area (Å²) in [7, 11) is 3.78. The van der Waals surface area contributed by atoms with E-state index in [2.05, 4.69) is 23.5 Å². The maximum Gasteiger partial charge on any atom is 0.279 e. The Morgan fingerprint density at radius 2 is 1.76 bits per heavy atom. The third kappa shape index (κ3) is 5.04. The summed E-state index contributed by atoms with van der Waals surface area (Å²) in [5.74, 6) is 0.00226. The average Bonchev–Trinajstić information content (AvgIpc) is 2.69. The molecule has 2 atom stereocenters. The van der Waals surface area contributed by atoms with Crippen molar-refractivity contribution in [1.82, 2.24) is 4.90 Å². The van der Waals surface area contributed by atoms with E-state index in [0.29, 0.717) is 6.54 Å². The SMILES string of the molecule is Cc1cccc(C)c1NC(=O)C[NH+](C)CC(=O)N(C)[C@H]1CCCc2ccccc21. The van der Waals surface area contributed by atoms with Gasteiger partial charge in [-0.2, -0.15) is 0 Å². The first-order chi connectivity index (χ1) is 13.9. The van der Waals surface area contributed by atoms with E-state index in [9.17, 15) is 9.59 Å². The molecule has 0 saturated heterocycles. The fraction of sp³-hybridized carbons (Fsp3) is 0.417. The zero-order valence-electron chi connectivity index (χ0n) is 17.9. The molecule has 0 fully saturated rings. The Kier molecular flexibility index (Phi) is 6.70. The number of benzene rings is 2. The van der Waals surface area contributed by atoms with Crippen LogP contribution < -0.4 is 10.2 Å². The van der Waals surface area contributed by atoms with Crippen molar-refractivity contribution >= 4 is 17.5 Å². The van der Waals surface area contributed by atoms with Gasteiger partial charge in [-0.25, -0.2) is 0 Å². The first-order valence-electron chi connectivity index (χ1n) is 10.4. The molecule has 1 aliphatic carbocycles. The Morgan fingerprint density at radius 1 is 1.07 bits per heavy atom. The highest BCUT2D eigenvalue weighted by atomic mass is 16.2. The molecule has 0 bridgehead atoms. The minimum atomic E-state index is -0.0710. The molecule has 2 amide bonds. The second kappa shape index (κ2) is 9.23. The Morgan fingerprint density at radius 3 is 2.48 bits per heavy atom. The molecule has 154 valence electrons. The number of aryl methyl sites for hydroxylation is 3. The van der Waals surface area contributed by atoms with Crippen LogP contribution in [0.5, 0.6) is 0 Å². The van der Waals surface area contributed by atoms with Gasteiger partial charge in [-0.1, -0.05) is 42.5 Å². The van der Waals surface area contributed by atoms with Gasteiger partial charge in [0.25, 0.3) is 11.8 Å². The molecular formula is C24H32N3O2+. The van der Waals surface area contributed by atoms with Gasteiger partial charge >= 0.3 is 0 Å². The number of rotatable bonds is 6. The van der Waals surface area contributed by atoms with E-state index in [1.165, 1.54) is 11.1 Å². The molecule has 29 heavy (non-hydrogen) atoms. The number of amides is 2. The lowest BCUT2D eigenvalue weighted by atomic mass is 9.87. The smallest absolute Gasteiger partial charge is 0.279 e. The van der Waals surface area contributed by atoms with Gasteiger partial charge < -0.3 is 15.1 Å². The minimum Gasteiger partial charge on any atom is -0.334 e. The first kappa shape index (κ1) is 21.1. The summed E-state index contributed by atoms with van der Waals surface area (Å²) < 4.78 is 0. The number of para-hydroxylation sites is 1. The molecule has 0 spiro atoms. The standard InChI is InChI=1S/C24H31N3O2/c1-17-9-7-10-18(2)24(17)25-22(28)15-26(3)16-23(29)27(4)21-14-8-12-19-11-5-6-13-20(19)21/h5-7,9-11,13,21H,8,12,14-16H2,1-4H3,(H,25,28)/p+1/t21-/m0/s1. The Bertz CT molecular complexity index is 873. The zero-order valence-corrected chi connectivity index (χ0v) is 17.9. The van der Waals surface area contributed by atoms with Gasteiger partial charge in [0.1, 0.15) is 0 Å². The summed E-state index contributed by atoms with van der Waals surface area (Å²) in [4.78, 5) is 28.1. The number of nitrogens with zero attached hydrogens (tertiary/aromatic N) is 1. The molecule has 0 aromatic heterocycles. The van der Waals surface area contributed by atoms with Gasteiger partial charge in [0.05, 0.1) is 13.1 Å². The lowest BCUT2D eigenvalue weighted by molar-refractivity contribution is -0.862. The minimum absolute atomic E-state index is 0.0710. The number of nitrogens with one attached hydrogen (secondary N) is 2. The van der Waals surface area contributed by atoms with Crippen LogP contribution in [-0.2, 0) is 16.0 Å². The summed E-state index contributed by atoms with van der Waals surface area (Å²) in [5.41, 5.74) is 5.57. The van der Waals surface area contributed by atoms with Crippen LogP contribution in [0.3, 0.4) is 0 Å². The van der Waals surface area contributed by atoms with Gasteiger partial charge in [0.15, 0.2) is 13.1 Å². The van der Waals surface area contributed by atoms with Gasteiger partial charge in [-0.3, -0.25) is 9.59 Å². The van der Waals surface area contributed by atoms with Crippen LogP contribution in [0.25, 0.3) is 0 Å². The molecule has 0 saturated carbocycles. The van der Waals surface area contributed by atoms with Crippen molar-refractivity contribution in [3.63, 3.8) is 0 Å². The summed E-state index contributed by atoms with van der Waals surface area (Å²) in [6.45, 7) is 4.53. The Hall–Kier alpha value is -2.66. The van der Waals surface area contributed by atoms with Crippen molar-refractivity contribution in [3.05, 3.63) is 64.7 Å². The molecule has 2 N–H and O–H groups in total. The van der Waals surface area contributed by atoms with Crippen LogP contribution in [0.1, 0.15) is 41.1 Å². The topological polar surface area (TPSA) is 53.9 Å². The highest BCUT2D eigenvalue weighted by Crippen LogP contribution is 2.33. The average molecular weight is 395 g/mol. The third-order valence-corrected chi connectivity index (χ3v) is 5.86. The molecule has 0 heterocycles. The summed E-state index contributed by atoms with van der Waals surface area (Å²) in [5, 5.41) is 3.00. The number of anilines is 1. The van der Waals surface area contributed by atoms with E-state index in [0.717, 1.165) is 41.0 Å². The fourth-order valence-corrected chi connectivity index (χ4v) is 4.22. The van der Waals surface area contributed by atoms with Crippen LogP contribution in [-0.4, -0.2) is 43.9 Å². The van der Waals surface area contributed by atoms with E-state index < -0.39 is 0 Å². The molecule has 1 unspecified atom stereocenters. The number of fused-ring (bicyclic) bond motifs is 1. The van der Waals surface area contributed by atoms with Crippen molar-refractivity contribution in [3.8, 4) is 0 Å². The predicted octanol–water partition coefficient (Wildman–Crippen LogP) is 2.29. The molecular weight excluding hydrogens is 362 g/mol. The molecule has 3 rings (SSSR count). The van der Waals surface area contributed by atoms with Gasteiger partial charge in [0, 0.05) is 12.7 Å². The van der Waals surface area contributed by atoms with Crippen molar-refractivity contribution in [2.45, 2.75) is 39.2 Å². The first-order valence-corrected chi connectivity index (χ1v) is 10.4. The highest BCUT2D eigenvalue weighted by Gasteiger charge is 2.28. The zero-order chi connectivity index (χ0) is 21.0. The lowest BCUT2D eigenvalue weighted by Gasteiger charge is -2.33. The number of hydrogen-bond acceptors (Lipinski definition) is 2. The van der Waals surface area contributed by atoms with E-state index >= 15 is 0 Å². The molecule has 2 aromatic rings. The fourth-order valence-electron chi connectivity index (χ4n) is 4.22. The Balaban J connectivity index is 1.57. The monoisotopic (exact) mass is 394 g/mol. The van der Waals surface area contributed by atoms with Crippen LogP contribution in [0, 0.1) is 13.8 Å². The number of carbonyl (C=O) groups excluding carboxylic acids is 2. The molecule has 1 aliphatic rings. The molecule has 5 nitrogen and oxygen atoms in total. The normalized spacial score (nSPS) is 16.6. The van der Waals surface area contributed by atoms with Gasteiger partial charge in [0.2, 0.25) is 0 Å². The second-order valence-electron chi connectivity index (χ2n) is 8.24. The summed E-state index contributed by atoms with van der Waals surface area (Å²) >= 11 is 0. The third-order valence-electron chi connectivity index (χ3n) is 5.86. The quantitative estimate of drug-likeness (QED) is 0.790. The summed E-state index contributed by atoms with van der Waals surface area (Å²) in [6.07, 6.45) is 3.17. The van der Waals surface area contributed by atoms with Crippen molar-refractivity contribution in [2.24, 2.45) is 0 Å². The van der Waals surface area contributed by atoms with E-state index in [-0.39, 0.29) is 24.4 Å². The van der Waals surface area contributed by atoms with Crippen molar-refractivity contribution < 1.29 is 14.5 Å². The van der Waals surface area contributed by atoms with Crippen molar-refractivity contribution in [1.29, 1.82) is 0 Å². The lowest BCUT2D eigenvalue weighted by Crippen LogP contribution is -3.11. The number of carbonyl (C=O) groups is 2. The maximum atomic E-state index is 12.9. The molecule has 0 radical (unpaired) electrons. The maximum absolute atomic E-state index is 12.9. The summed E-state index contributed by atoms with van der Waals surface area (Å²) in [6, 6.07) is 14.5. The number of likely N-dealkylation sites (N-methyl/N-ethyl adjacent to an activating group) is 2. The highest BCUT2D eigenvalue weighted by molar-refractivity contribution is 5.93. The number of quaternary nitrogens is 1. The predicted molar refractivity (Wildman–Crippen MR) is 116 cm³/mol. The van der Waals surface area contributed by atoms with Gasteiger partial charge in [-0.05, 0) is 55.4 Å². The molecule has 2 aromatic carbocycles. The molecule has 0 aliphatic heterocycles. The second-order valence-corrected chi connectivity index (χ2v) is 8.24. The van der Waals surface area contributed by atoms with E-state index in [4.69, 9.17) is 0 Å². The van der Waals surface area contributed by atoms with Crippen LogP contribution >= 0.6 is 0 Å². The van der Waals surface area contributed by atoms with E-state index in [1.807, 2.05) is 57.1 Å².